The molecular weight excluding hydrogens is 306 g/mol. The Labute approximate surface area is 141 Å². The average molecular weight is 329 g/mol. The van der Waals surface area contributed by atoms with Crippen LogP contribution in [0.2, 0.25) is 0 Å². The maximum Gasteiger partial charge on any atom is 0.253 e. The average Bonchev–Trinajstić information content (AvgIpc) is 3.16. The highest BCUT2D eigenvalue weighted by Crippen LogP contribution is 2.18. The molecule has 0 aliphatic carbocycles. The predicted molar refractivity (Wildman–Crippen MR) is 89.4 cm³/mol. The lowest BCUT2D eigenvalue weighted by Gasteiger charge is -2.30. The molecule has 2 aromatic rings. The van der Waals surface area contributed by atoms with E-state index in [1.54, 1.807) is 0 Å². The van der Waals surface area contributed by atoms with Crippen LogP contribution < -0.4 is 0 Å². The maximum absolute atomic E-state index is 12.8. The van der Waals surface area contributed by atoms with Gasteiger partial charge < -0.3 is 9.64 Å². The molecule has 0 spiro atoms. The Kier molecular flexibility index (Phi) is 5.53. The zero-order valence-electron chi connectivity index (χ0n) is 13.9. The summed E-state index contributed by atoms with van der Waals surface area (Å²) in [6.07, 6.45) is 4.42. The van der Waals surface area contributed by atoms with Gasteiger partial charge in [-0.05, 0) is 43.0 Å². The number of tetrazole rings is 1. The molecule has 1 aromatic heterocycles. The van der Waals surface area contributed by atoms with Crippen LogP contribution in [-0.4, -0.2) is 57.2 Å². The van der Waals surface area contributed by atoms with Gasteiger partial charge in [-0.3, -0.25) is 4.79 Å². The molecule has 0 bridgehead atoms. The number of hydrogen-bond acceptors (Lipinski definition) is 5. The van der Waals surface area contributed by atoms with Crippen LogP contribution in [0.3, 0.4) is 0 Å². The number of amides is 1. The third-order valence-electron chi connectivity index (χ3n) is 4.21. The molecule has 0 saturated carbocycles. The standard InChI is InChI=1S/C17H23N5O2/c1-2-10-22(12-15-5-3-4-11-24-15)17(23)14-8-6-13(7-9-14)16-18-20-21-19-16/h6-9,15H,2-5,10-12H2,1H3,(H,18,19,20,21)/t15-/m1/s1. The number of carbonyl (C=O) groups is 1. The molecule has 1 aliphatic rings. The van der Waals surface area contributed by atoms with E-state index in [-0.39, 0.29) is 12.0 Å². The summed E-state index contributed by atoms with van der Waals surface area (Å²) in [5.74, 6) is 0.570. The van der Waals surface area contributed by atoms with E-state index in [2.05, 4.69) is 27.5 Å². The molecule has 128 valence electrons. The van der Waals surface area contributed by atoms with Gasteiger partial charge in [-0.15, -0.1) is 10.2 Å². The summed E-state index contributed by atoms with van der Waals surface area (Å²) in [4.78, 5) is 14.7. The fourth-order valence-electron chi connectivity index (χ4n) is 2.97. The van der Waals surface area contributed by atoms with Gasteiger partial charge in [0.1, 0.15) is 0 Å². The van der Waals surface area contributed by atoms with E-state index in [1.807, 2.05) is 29.2 Å². The first-order valence-electron chi connectivity index (χ1n) is 8.52. The minimum Gasteiger partial charge on any atom is -0.376 e. The predicted octanol–water partition coefficient (Wildman–Crippen LogP) is 2.29. The maximum atomic E-state index is 12.8. The number of benzene rings is 1. The van der Waals surface area contributed by atoms with Crippen LogP contribution in [0.25, 0.3) is 11.4 Å². The van der Waals surface area contributed by atoms with Gasteiger partial charge in [0.15, 0.2) is 0 Å². The van der Waals surface area contributed by atoms with Gasteiger partial charge in [-0.1, -0.05) is 19.1 Å². The summed E-state index contributed by atoms with van der Waals surface area (Å²) < 4.78 is 5.79. The van der Waals surface area contributed by atoms with Crippen LogP contribution in [0.1, 0.15) is 43.0 Å². The smallest absolute Gasteiger partial charge is 0.253 e. The van der Waals surface area contributed by atoms with Crippen LogP contribution in [0.5, 0.6) is 0 Å². The zero-order valence-corrected chi connectivity index (χ0v) is 13.9. The van der Waals surface area contributed by atoms with Crippen molar-refractivity contribution in [1.29, 1.82) is 0 Å². The van der Waals surface area contributed by atoms with Crippen LogP contribution in [-0.2, 0) is 4.74 Å². The van der Waals surface area contributed by atoms with Crippen LogP contribution in [0, 0.1) is 0 Å². The van der Waals surface area contributed by atoms with Gasteiger partial charge in [-0.25, -0.2) is 0 Å². The molecule has 1 aromatic carbocycles. The number of aromatic amines is 1. The summed E-state index contributed by atoms with van der Waals surface area (Å²) in [6, 6.07) is 7.33. The molecule has 7 heteroatoms. The first-order chi connectivity index (χ1) is 11.8. The summed E-state index contributed by atoms with van der Waals surface area (Å²) in [5, 5.41) is 13.9. The highest BCUT2D eigenvalue weighted by molar-refractivity contribution is 5.94. The lowest BCUT2D eigenvalue weighted by atomic mass is 10.1. The third kappa shape index (κ3) is 3.97. The molecule has 1 N–H and O–H groups in total. The summed E-state index contributed by atoms with van der Waals surface area (Å²) >= 11 is 0. The molecule has 0 unspecified atom stereocenters. The quantitative estimate of drug-likeness (QED) is 0.879. The normalized spacial score (nSPS) is 17.6. The Morgan fingerprint density at radius 1 is 1.33 bits per heavy atom. The molecule has 1 amide bonds. The Bertz CT molecular complexity index is 636. The minimum atomic E-state index is 0.0469. The number of hydrogen-bond donors (Lipinski definition) is 1. The van der Waals surface area contributed by atoms with Crippen molar-refractivity contribution >= 4 is 5.91 Å². The van der Waals surface area contributed by atoms with E-state index >= 15 is 0 Å². The molecule has 1 aliphatic heterocycles. The Hall–Kier alpha value is -2.28. The van der Waals surface area contributed by atoms with Crippen molar-refractivity contribution in [1.82, 2.24) is 25.5 Å². The van der Waals surface area contributed by atoms with Crippen molar-refractivity contribution in [2.75, 3.05) is 19.7 Å². The zero-order chi connectivity index (χ0) is 16.8. The Balaban J connectivity index is 1.69. The monoisotopic (exact) mass is 329 g/mol. The van der Waals surface area contributed by atoms with Crippen LogP contribution in [0.4, 0.5) is 0 Å². The first-order valence-corrected chi connectivity index (χ1v) is 8.52. The molecule has 3 rings (SSSR count). The van der Waals surface area contributed by atoms with Crippen molar-refractivity contribution in [2.45, 2.75) is 38.7 Å². The molecule has 1 fully saturated rings. The van der Waals surface area contributed by atoms with E-state index in [1.165, 1.54) is 6.42 Å². The molecule has 7 nitrogen and oxygen atoms in total. The second kappa shape index (κ2) is 8.01. The number of carbonyl (C=O) groups excluding carboxylic acids is 1. The van der Waals surface area contributed by atoms with Crippen molar-refractivity contribution in [3.05, 3.63) is 29.8 Å². The van der Waals surface area contributed by atoms with E-state index in [4.69, 9.17) is 4.74 Å². The lowest BCUT2D eigenvalue weighted by Crippen LogP contribution is -2.40. The molecule has 2 heterocycles. The van der Waals surface area contributed by atoms with E-state index in [0.717, 1.165) is 38.0 Å². The minimum absolute atomic E-state index is 0.0469. The summed E-state index contributed by atoms with van der Waals surface area (Å²) in [5.41, 5.74) is 1.50. The van der Waals surface area contributed by atoms with E-state index in [9.17, 15) is 4.79 Å². The van der Waals surface area contributed by atoms with Gasteiger partial charge in [0.2, 0.25) is 5.82 Å². The van der Waals surface area contributed by atoms with Crippen LogP contribution >= 0.6 is 0 Å². The number of nitrogens with one attached hydrogen (secondary N) is 1. The van der Waals surface area contributed by atoms with Crippen molar-refractivity contribution < 1.29 is 9.53 Å². The van der Waals surface area contributed by atoms with Crippen molar-refractivity contribution in [3.8, 4) is 11.4 Å². The fraction of sp³-hybridized carbons (Fsp3) is 0.529. The first kappa shape index (κ1) is 16.6. The molecular formula is C17H23N5O2. The fourth-order valence-corrected chi connectivity index (χ4v) is 2.97. The third-order valence-corrected chi connectivity index (χ3v) is 4.21. The van der Waals surface area contributed by atoms with Gasteiger partial charge >= 0.3 is 0 Å². The number of rotatable bonds is 6. The van der Waals surface area contributed by atoms with Crippen molar-refractivity contribution in [2.24, 2.45) is 0 Å². The number of aromatic nitrogens is 4. The van der Waals surface area contributed by atoms with E-state index < -0.39 is 0 Å². The Morgan fingerprint density at radius 2 is 2.17 bits per heavy atom. The lowest BCUT2D eigenvalue weighted by molar-refractivity contribution is -0.00383. The second-order valence-electron chi connectivity index (χ2n) is 6.05. The second-order valence-corrected chi connectivity index (χ2v) is 6.05. The number of H-pyrrole nitrogens is 1. The van der Waals surface area contributed by atoms with Crippen LogP contribution in [0.15, 0.2) is 24.3 Å². The Morgan fingerprint density at radius 3 is 2.79 bits per heavy atom. The number of nitrogens with zero attached hydrogens (tertiary/aromatic N) is 4. The molecule has 1 saturated heterocycles. The summed E-state index contributed by atoms with van der Waals surface area (Å²) in [6.45, 7) is 4.30. The number of ether oxygens (including phenoxy) is 1. The molecule has 0 radical (unpaired) electrons. The van der Waals surface area contributed by atoms with Gasteiger partial charge in [0.05, 0.1) is 6.10 Å². The SMILES string of the molecule is CCCN(C[C@H]1CCCCO1)C(=O)c1ccc(-c2nn[nH]n2)cc1. The van der Waals surface area contributed by atoms with Crippen molar-refractivity contribution in [3.63, 3.8) is 0 Å². The highest BCUT2D eigenvalue weighted by atomic mass is 16.5. The molecule has 24 heavy (non-hydrogen) atoms. The van der Waals surface area contributed by atoms with Gasteiger partial charge in [-0.2, -0.15) is 5.21 Å². The van der Waals surface area contributed by atoms with E-state index in [0.29, 0.717) is 17.9 Å². The highest BCUT2D eigenvalue weighted by Gasteiger charge is 2.22. The van der Waals surface area contributed by atoms with Gasteiger partial charge in [0.25, 0.3) is 5.91 Å². The largest absolute Gasteiger partial charge is 0.376 e. The topological polar surface area (TPSA) is 84.0 Å². The molecule has 1 atom stereocenters. The summed E-state index contributed by atoms with van der Waals surface area (Å²) in [7, 11) is 0. The van der Waals surface area contributed by atoms with Gasteiger partial charge in [0, 0.05) is 30.8 Å².